The van der Waals surface area contributed by atoms with E-state index in [0.717, 1.165) is 6.08 Å². The van der Waals surface area contributed by atoms with Gasteiger partial charge in [-0.15, -0.1) is 5.10 Å². The number of carboxylic acid groups (broad SMARTS) is 1. The zero-order valence-electron chi connectivity index (χ0n) is 20.5. The van der Waals surface area contributed by atoms with Crippen LogP contribution in [0.25, 0.3) is 11.8 Å². The van der Waals surface area contributed by atoms with Crippen LogP contribution >= 0.6 is 11.6 Å². The molecular formula is C25H22ClFN8O4. The van der Waals surface area contributed by atoms with Gasteiger partial charge >= 0.3 is 5.97 Å². The quantitative estimate of drug-likeness (QED) is 0.253. The SMILES string of the molecule is CCn1ccc(C[C@H](NC(=O)/C=C/c2c(-n3cnnn3)ccc(Cl)c2F)C(=O)Nc2ccc(C(=O)O)cc2)n1. The Balaban J connectivity index is 1.55. The normalized spacial score (nSPS) is 11.9. The van der Waals surface area contributed by atoms with Crippen LogP contribution in [0.5, 0.6) is 0 Å². The standard InChI is InChI=1S/C25H22ClFN8O4/c1-2-34-12-11-17(31-34)13-20(24(37)29-16-5-3-15(4-6-16)25(38)39)30-22(36)10-7-18-21(35-14-28-32-33-35)9-8-19(26)23(18)27/h3-12,14,20H,2,13H2,1H3,(H,29,37)(H,30,36)(H,38,39)/b10-7+/t20-/m0/s1. The van der Waals surface area contributed by atoms with Crippen molar-refractivity contribution < 1.29 is 23.9 Å². The zero-order chi connectivity index (χ0) is 27.9. The van der Waals surface area contributed by atoms with Crippen molar-refractivity contribution in [3.8, 4) is 5.69 Å². The molecule has 12 nitrogen and oxygen atoms in total. The van der Waals surface area contributed by atoms with E-state index >= 15 is 0 Å². The summed E-state index contributed by atoms with van der Waals surface area (Å²) in [6.07, 6.45) is 5.35. The smallest absolute Gasteiger partial charge is 0.335 e. The summed E-state index contributed by atoms with van der Waals surface area (Å²) in [6, 6.07) is 9.07. The Hall–Kier alpha value is -4.91. The average molecular weight is 553 g/mol. The van der Waals surface area contributed by atoms with Gasteiger partial charge in [0, 0.05) is 36.5 Å². The molecule has 4 rings (SSSR count). The third-order valence-electron chi connectivity index (χ3n) is 5.57. The van der Waals surface area contributed by atoms with E-state index in [-0.39, 0.29) is 28.3 Å². The first-order valence-corrected chi connectivity index (χ1v) is 12.0. The molecule has 2 amide bonds. The number of halogens is 2. The number of hydrogen-bond acceptors (Lipinski definition) is 7. The summed E-state index contributed by atoms with van der Waals surface area (Å²) < 4.78 is 17.7. The van der Waals surface area contributed by atoms with Crippen LogP contribution in [-0.2, 0) is 22.6 Å². The van der Waals surface area contributed by atoms with E-state index in [1.165, 1.54) is 53.5 Å². The average Bonchev–Trinajstić information content (AvgIpc) is 3.62. The van der Waals surface area contributed by atoms with Crippen LogP contribution < -0.4 is 10.6 Å². The molecule has 200 valence electrons. The lowest BCUT2D eigenvalue weighted by Crippen LogP contribution is -2.44. The van der Waals surface area contributed by atoms with Crippen LogP contribution in [0.1, 0.15) is 28.5 Å². The Labute approximate surface area is 226 Å². The summed E-state index contributed by atoms with van der Waals surface area (Å²) in [5, 5.41) is 29.4. The Morgan fingerprint density at radius 3 is 2.56 bits per heavy atom. The number of aromatic nitrogens is 6. The molecule has 0 bridgehead atoms. The molecule has 0 aliphatic carbocycles. The molecule has 0 aliphatic heterocycles. The fourth-order valence-electron chi connectivity index (χ4n) is 3.60. The van der Waals surface area contributed by atoms with Gasteiger partial charge in [0.05, 0.1) is 22.0 Å². The summed E-state index contributed by atoms with van der Waals surface area (Å²) in [4.78, 5) is 37.1. The van der Waals surface area contributed by atoms with Crippen LogP contribution in [-0.4, -0.2) is 58.9 Å². The summed E-state index contributed by atoms with van der Waals surface area (Å²) >= 11 is 5.93. The van der Waals surface area contributed by atoms with Gasteiger partial charge in [-0.05, 0) is 65.9 Å². The first-order chi connectivity index (χ1) is 18.7. The molecule has 2 aromatic heterocycles. The molecule has 3 N–H and O–H groups in total. The fraction of sp³-hybridized carbons (Fsp3) is 0.160. The van der Waals surface area contributed by atoms with E-state index in [1.807, 2.05) is 6.92 Å². The number of aromatic carboxylic acids is 1. The van der Waals surface area contributed by atoms with E-state index in [2.05, 4.69) is 31.3 Å². The Kier molecular flexibility index (Phi) is 8.41. The van der Waals surface area contributed by atoms with Gasteiger partial charge in [0.2, 0.25) is 11.8 Å². The highest BCUT2D eigenvalue weighted by Crippen LogP contribution is 2.25. The monoisotopic (exact) mass is 552 g/mol. The number of carboxylic acids is 1. The third-order valence-corrected chi connectivity index (χ3v) is 5.86. The Bertz CT molecular complexity index is 1520. The largest absolute Gasteiger partial charge is 0.478 e. The predicted octanol–water partition coefficient (Wildman–Crippen LogP) is 2.75. The fourth-order valence-corrected chi connectivity index (χ4v) is 3.76. The molecule has 1 atom stereocenters. The van der Waals surface area contributed by atoms with Gasteiger partial charge in [-0.1, -0.05) is 11.6 Å². The van der Waals surface area contributed by atoms with Crippen LogP contribution in [0.2, 0.25) is 5.02 Å². The molecule has 0 spiro atoms. The van der Waals surface area contributed by atoms with Gasteiger partial charge in [-0.25, -0.2) is 9.18 Å². The van der Waals surface area contributed by atoms with Gasteiger partial charge in [0.1, 0.15) is 12.4 Å². The van der Waals surface area contributed by atoms with Gasteiger partial charge < -0.3 is 15.7 Å². The van der Waals surface area contributed by atoms with Gasteiger partial charge in [-0.3, -0.25) is 14.3 Å². The molecule has 0 saturated heterocycles. The number of aryl methyl sites for hydroxylation is 1. The highest BCUT2D eigenvalue weighted by molar-refractivity contribution is 6.31. The van der Waals surface area contributed by atoms with Crippen LogP contribution in [0.15, 0.2) is 61.1 Å². The first-order valence-electron chi connectivity index (χ1n) is 11.6. The predicted molar refractivity (Wildman–Crippen MR) is 139 cm³/mol. The topological polar surface area (TPSA) is 157 Å². The number of nitrogens with one attached hydrogen (secondary N) is 2. The minimum Gasteiger partial charge on any atom is -0.478 e. The van der Waals surface area contributed by atoms with E-state index in [0.29, 0.717) is 17.9 Å². The molecule has 0 saturated carbocycles. The number of amides is 2. The molecular weight excluding hydrogens is 531 g/mol. The second-order valence-electron chi connectivity index (χ2n) is 8.18. The number of tetrazole rings is 1. The van der Waals surface area contributed by atoms with E-state index in [9.17, 15) is 18.8 Å². The van der Waals surface area contributed by atoms with Crippen molar-refractivity contribution in [2.24, 2.45) is 0 Å². The number of hydrogen-bond donors (Lipinski definition) is 3. The molecule has 0 radical (unpaired) electrons. The molecule has 4 aromatic rings. The van der Waals surface area contributed by atoms with Crippen LogP contribution in [0.4, 0.5) is 10.1 Å². The van der Waals surface area contributed by atoms with Gasteiger partial charge in [-0.2, -0.15) is 9.78 Å². The van der Waals surface area contributed by atoms with Crippen molar-refractivity contribution in [2.75, 3.05) is 5.32 Å². The third kappa shape index (κ3) is 6.70. The van der Waals surface area contributed by atoms with Crippen molar-refractivity contribution in [3.63, 3.8) is 0 Å². The summed E-state index contributed by atoms with van der Waals surface area (Å²) in [5.41, 5.74) is 1.17. The summed E-state index contributed by atoms with van der Waals surface area (Å²) in [6.45, 7) is 2.53. The first kappa shape index (κ1) is 27.1. The number of benzene rings is 2. The molecule has 39 heavy (non-hydrogen) atoms. The van der Waals surface area contributed by atoms with Crippen molar-refractivity contribution in [1.82, 2.24) is 35.3 Å². The zero-order valence-corrected chi connectivity index (χ0v) is 21.2. The highest BCUT2D eigenvalue weighted by atomic mass is 35.5. The summed E-state index contributed by atoms with van der Waals surface area (Å²) in [7, 11) is 0. The lowest BCUT2D eigenvalue weighted by Gasteiger charge is -2.17. The molecule has 2 heterocycles. The second-order valence-corrected chi connectivity index (χ2v) is 8.59. The molecule has 0 unspecified atom stereocenters. The van der Waals surface area contributed by atoms with Crippen molar-refractivity contribution in [2.45, 2.75) is 25.9 Å². The van der Waals surface area contributed by atoms with Gasteiger partial charge in [0.25, 0.3) is 0 Å². The molecule has 14 heteroatoms. The van der Waals surface area contributed by atoms with Gasteiger partial charge in [0.15, 0.2) is 5.82 Å². The maximum atomic E-state index is 14.8. The van der Waals surface area contributed by atoms with Crippen LogP contribution in [0.3, 0.4) is 0 Å². The second kappa shape index (κ2) is 12.1. The van der Waals surface area contributed by atoms with E-state index in [1.54, 1.807) is 16.9 Å². The Morgan fingerprint density at radius 2 is 1.92 bits per heavy atom. The molecule has 2 aromatic carbocycles. The van der Waals surface area contributed by atoms with Crippen molar-refractivity contribution in [3.05, 3.63) is 88.7 Å². The number of carbonyl (C=O) groups is 3. The number of carbonyl (C=O) groups excluding carboxylic acids is 2. The highest BCUT2D eigenvalue weighted by Gasteiger charge is 2.22. The number of nitrogens with zero attached hydrogens (tertiary/aromatic N) is 6. The van der Waals surface area contributed by atoms with Crippen molar-refractivity contribution >= 4 is 41.1 Å². The van der Waals surface area contributed by atoms with Crippen LogP contribution in [0, 0.1) is 5.82 Å². The summed E-state index contributed by atoms with van der Waals surface area (Å²) in [5.74, 6) is -3.13. The number of rotatable bonds is 10. The maximum absolute atomic E-state index is 14.8. The minimum absolute atomic E-state index is 0.0360. The lowest BCUT2D eigenvalue weighted by atomic mass is 10.1. The van der Waals surface area contributed by atoms with E-state index in [4.69, 9.17) is 16.7 Å². The Morgan fingerprint density at radius 1 is 1.15 bits per heavy atom. The molecule has 0 fully saturated rings. The minimum atomic E-state index is -1.10. The van der Waals surface area contributed by atoms with Crippen molar-refractivity contribution in [1.29, 1.82) is 0 Å². The number of anilines is 1. The lowest BCUT2D eigenvalue weighted by molar-refractivity contribution is -0.123. The maximum Gasteiger partial charge on any atom is 0.335 e. The van der Waals surface area contributed by atoms with E-state index < -0.39 is 29.6 Å². The molecule has 0 aliphatic rings.